The van der Waals surface area contributed by atoms with E-state index in [-0.39, 0.29) is 10.1 Å². The van der Waals surface area contributed by atoms with E-state index in [1.807, 2.05) is 23.1 Å². The smallest absolute Gasteiger partial charge is 0.254 e. The van der Waals surface area contributed by atoms with Crippen LogP contribution >= 0.6 is 11.3 Å². The van der Waals surface area contributed by atoms with Crippen LogP contribution in [-0.2, 0) is 29.5 Å². The Labute approximate surface area is 205 Å². The van der Waals surface area contributed by atoms with Gasteiger partial charge in [-0.3, -0.25) is 9.69 Å². The molecule has 34 heavy (non-hydrogen) atoms. The number of piperazine rings is 1. The van der Waals surface area contributed by atoms with E-state index >= 15 is 0 Å². The Morgan fingerprint density at radius 1 is 0.941 bits per heavy atom. The van der Waals surface area contributed by atoms with E-state index in [1.165, 1.54) is 21.0 Å². The van der Waals surface area contributed by atoms with E-state index in [2.05, 4.69) is 42.2 Å². The molecule has 0 bridgehead atoms. The molecule has 178 valence electrons. The number of nitrogens with zero attached hydrogens (tertiary/aromatic N) is 3. The third-order valence-corrected chi connectivity index (χ3v) is 9.92. The number of aryl methyl sites for hydroxylation is 1. The quantitative estimate of drug-likeness (QED) is 0.541. The highest BCUT2D eigenvalue weighted by molar-refractivity contribution is 7.91. The summed E-state index contributed by atoms with van der Waals surface area (Å²) in [6.45, 7) is 6.72. The first-order valence-electron chi connectivity index (χ1n) is 11.6. The molecule has 3 heterocycles. The third kappa shape index (κ3) is 4.81. The number of amides is 1. The molecule has 1 aromatic heterocycles. The number of thiophene rings is 1. The topological polar surface area (TPSA) is 60.9 Å². The maximum Gasteiger partial charge on any atom is 0.254 e. The van der Waals surface area contributed by atoms with E-state index in [4.69, 9.17) is 0 Å². The maximum absolute atomic E-state index is 13.3. The molecule has 8 heteroatoms. The van der Waals surface area contributed by atoms with Crippen molar-refractivity contribution in [1.29, 1.82) is 0 Å². The molecule has 2 aliphatic rings. The highest BCUT2D eigenvalue weighted by Gasteiger charge is 2.31. The normalized spacial score (nSPS) is 17.5. The van der Waals surface area contributed by atoms with Crippen molar-refractivity contribution in [1.82, 2.24) is 14.1 Å². The molecular weight excluding hydrogens is 466 g/mol. The number of carbonyl (C=O) groups is 1. The van der Waals surface area contributed by atoms with E-state index in [0.717, 1.165) is 36.5 Å². The summed E-state index contributed by atoms with van der Waals surface area (Å²) in [5, 5.41) is 1.69. The first-order chi connectivity index (χ1) is 16.4. The molecular formula is C26H29N3O3S2. The summed E-state index contributed by atoms with van der Waals surface area (Å²) in [6, 6.07) is 18.0. The fraction of sp³-hybridized carbons (Fsp3) is 0.346. The SMILES string of the molecule is Cc1cccc(CN2CCN(C(=O)c3csc(S(=O)(=O)N4CCc5ccccc5C4)c3)CC2)c1. The fourth-order valence-corrected chi connectivity index (χ4v) is 7.45. The highest BCUT2D eigenvalue weighted by atomic mass is 32.2. The van der Waals surface area contributed by atoms with Crippen molar-refractivity contribution in [2.75, 3.05) is 32.7 Å². The van der Waals surface area contributed by atoms with Crippen LogP contribution in [0.4, 0.5) is 0 Å². The molecule has 0 N–H and O–H groups in total. The number of hydrogen-bond acceptors (Lipinski definition) is 5. The van der Waals surface area contributed by atoms with Crippen molar-refractivity contribution in [2.24, 2.45) is 0 Å². The Bertz CT molecular complexity index is 1290. The summed E-state index contributed by atoms with van der Waals surface area (Å²) in [5.41, 5.74) is 5.26. The summed E-state index contributed by atoms with van der Waals surface area (Å²) >= 11 is 1.14. The van der Waals surface area contributed by atoms with Gasteiger partial charge in [0.1, 0.15) is 4.21 Å². The number of fused-ring (bicyclic) bond motifs is 1. The second kappa shape index (κ2) is 9.62. The van der Waals surface area contributed by atoms with Crippen LogP contribution in [0.5, 0.6) is 0 Å². The minimum atomic E-state index is -3.62. The number of sulfonamides is 1. The first-order valence-corrected chi connectivity index (χ1v) is 13.9. The molecule has 1 amide bonds. The van der Waals surface area contributed by atoms with E-state index in [1.54, 1.807) is 11.4 Å². The Morgan fingerprint density at radius 3 is 2.47 bits per heavy atom. The summed E-state index contributed by atoms with van der Waals surface area (Å²) in [7, 11) is -3.62. The number of benzene rings is 2. The van der Waals surface area contributed by atoms with Gasteiger partial charge in [0, 0.05) is 51.2 Å². The number of rotatable bonds is 5. The van der Waals surface area contributed by atoms with Crippen LogP contribution in [0.1, 0.15) is 32.6 Å². The minimum absolute atomic E-state index is 0.0862. The van der Waals surface area contributed by atoms with Gasteiger partial charge in [0.25, 0.3) is 15.9 Å². The molecule has 2 aliphatic heterocycles. The van der Waals surface area contributed by atoms with Gasteiger partial charge in [-0.1, -0.05) is 54.1 Å². The second-order valence-corrected chi connectivity index (χ2v) is 12.1. The van der Waals surface area contributed by atoms with E-state index < -0.39 is 10.0 Å². The Balaban J connectivity index is 1.21. The molecule has 0 spiro atoms. The zero-order valence-corrected chi connectivity index (χ0v) is 20.9. The van der Waals surface area contributed by atoms with Crippen LogP contribution in [0.2, 0.25) is 0 Å². The van der Waals surface area contributed by atoms with Crippen LogP contribution in [-0.4, -0.2) is 61.2 Å². The van der Waals surface area contributed by atoms with Gasteiger partial charge in [0.15, 0.2) is 0 Å². The predicted molar refractivity (Wildman–Crippen MR) is 134 cm³/mol. The minimum Gasteiger partial charge on any atom is -0.336 e. The monoisotopic (exact) mass is 495 g/mol. The zero-order valence-electron chi connectivity index (χ0n) is 19.3. The van der Waals surface area contributed by atoms with Gasteiger partial charge in [-0.25, -0.2) is 8.42 Å². The van der Waals surface area contributed by atoms with Crippen molar-refractivity contribution in [2.45, 2.75) is 30.6 Å². The van der Waals surface area contributed by atoms with Crippen LogP contribution < -0.4 is 0 Å². The lowest BCUT2D eigenvalue weighted by Gasteiger charge is -2.34. The highest BCUT2D eigenvalue weighted by Crippen LogP contribution is 2.29. The Hall–Kier alpha value is -2.52. The lowest BCUT2D eigenvalue weighted by Crippen LogP contribution is -2.48. The maximum atomic E-state index is 13.3. The number of carbonyl (C=O) groups excluding carboxylic acids is 1. The van der Waals surface area contributed by atoms with Crippen LogP contribution in [0.25, 0.3) is 0 Å². The molecule has 0 unspecified atom stereocenters. The largest absolute Gasteiger partial charge is 0.336 e. The second-order valence-electron chi connectivity index (χ2n) is 9.07. The number of hydrogen-bond donors (Lipinski definition) is 0. The zero-order chi connectivity index (χ0) is 23.7. The van der Waals surface area contributed by atoms with Crippen molar-refractivity contribution in [3.8, 4) is 0 Å². The van der Waals surface area contributed by atoms with Gasteiger partial charge < -0.3 is 4.90 Å². The Morgan fingerprint density at radius 2 is 1.71 bits per heavy atom. The molecule has 1 saturated heterocycles. The summed E-state index contributed by atoms with van der Waals surface area (Å²) in [4.78, 5) is 17.3. The van der Waals surface area contributed by atoms with E-state index in [9.17, 15) is 13.2 Å². The molecule has 1 fully saturated rings. The lowest BCUT2D eigenvalue weighted by atomic mass is 10.0. The molecule has 0 saturated carbocycles. The van der Waals surface area contributed by atoms with Gasteiger partial charge >= 0.3 is 0 Å². The Kier molecular flexibility index (Phi) is 6.57. The van der Waals surface area contributed by atoms with E-state index in [0.29, 0.717) is 38.2 Å². The molecule has 6 nitrogen and oxygen atoms in total. The first kappa shape index (κ1) is 23.2. The summed E-state index contributed by atoms with van der Waals surface area (Å²) in [5.74, 6) is -0.0862. The van der Waals surface area contributed by atoms with Crippen molar-refractivity contribution < 1.29 is 13.2 Å². The molecule has 0 aliphatic carbocycles. The van der Waals surface area contributed by atoms with Gasteiger partial charge in [0.2, 0.25) is 0 Å². The molecule has 0 atom stereocenters. The fourth-order valence-electron chi connectivity index (χ4n) is 4.73. The van der Waals surface area contributed by atoms with Crippen molar-refractivity contribution >= 4 is 27.3 Å². The average Bonchev–Trinajstić information content (AvgIpc) is 3.35. The van der Waals surface area contributed by atoms with Crippen LogP contribution in [0.15, 0.2) is 64.2 Å². The molecule has 3 aromatic rings. The molecule has 0 radical (unpaired) electrons. The van der Waals surface area contributed by atoms with Crippen LogP contribution in [0.3, 0.4) is 0 Å². The van der Waals surface area contributed by atoms with Gasteiger partial charge in [-0.2, -0.15) is 4.31 Å². The predicted octanol–water partition coefficient (Wildman–Crippen LogP) is 3.76. The molecule has 5 rings (SSSR count). The molecule has 2 aromatic carbocycles. The van der Waals surface area contributed by atoms with Crippen molar-refractivity contribution in [3.63, 3.8) is 0 Å². The van der Waals surface area contributed by atoms with Crippen LogP contribution in [0, 0.1) is 6.92 Å². The summed E-state index contributed by atoms with van der Waals surface area (Å²) in [6.07, 6.45) is 0.708. The average molecular weight is 496 g/mol. The van der Waals surface area contributed by atoms with Gasteiger partial charge in [-0.05, 0) is 36.1 Å². The summed E-state index contributed by atoms with van der Waals surface area (Å²) < 4.78 is 28.3. The lowest BCUT2D eigenvalue weighted by molar-refractivity contribution is 0.0629. The third-order valence-electron chi connectivity index (χ3n) is 6.66. The van der Waals surface area contributed by atoms with Gasteiger partial charge in [-0.15, -0.1) is 11.3 Å². The standard InChI is InChI=1S/C26H29N3O3S2/c1-20-5-4-6-21(15-20)17-27-11-13-28(14-12-27)26(30)24-16-25(33-19-24)34(31,32)29-10-9-22-7-2-3-8-23(22)18-29/h2-8,15-16,19H,9-14,17-18H2,1H3. The van der Waals surface area contributed by atoms with Crippen molar-refractivity contribution in [3.05, 3.63) is 87.8 Å². The van der Waals surface area contributed by atoms with Gasteiger partial charge in [0.05, 0.1) is 5.56 Å².